The third-order valence-corrected chi connectivity index (χ3v) is 3.45. The number of carbonyl (C=O) groups excluding carboxylic acids is 1. The van der Waals surface area contributed by atoms with E-state index in [0.29, 0.717) is 30.6 Å². The van der Waals surface area contributed by atoms with E-state index in [2.05, 4.69) is 4.99 Å². The number of amidine groups is 1. The lowest BCUT2D eigenvalue weighted by Gasteiger charge is -2.35. The molecule has 4 heteroatoms. The molecule has 0 spiro atoms. The molecule has 1 saturated heterocycles. The summed E-state index contributed by atoms with van der Waals surface area (Å²) >= 11 is 0. The highest BCUT2D eigenvalue weighted by atomic mass is 19.1. The van der Waals surface area contributed by atoms with Gasteiger partial charge in [0, 0.05) is 19.0 Å². The van der Waals surface area contributed by atoms with Crippen LogP contribution >= 0.6 is 0 Å². The Hall–Kier alpha value is -1.71. The van der Waals surface area contributed by atoms with Crippen molar-refractivity contribution in [2.24, 2.45) is 4.99 Å². The van der Waals surface area contributed by atoms with Gasteiger partial charge in [-0.25, -0.2) is 9.38 Å². The predicted molar refractivity (Wildman–Crippen MR) is 62.9 cm³/mol. The van der Waals surface area contributed by atoms with Crippen molar-refractivity contribution in [3.8, 4) is 0 Å². The molecule has 1 fully saturated rings. The number of nitrogens with zero attached hydrogens (tertiary/aromatic N) is 2. The van der Waals surface area contributed by atoms with Gasteiger partial charge in [0.05, 0.1) is 5.69 Å². The van der Waals surface area contributed by atoms with E-state index in [1.165, 1.54) is 11.8 Å². The second kappa shape index (κ2) is 3.39. The summed E-state index contributed by atoms with van der Waals surface area (Å²) in [7, 11) is 0. The molecule has 0 aliphatic carbocycles. The molecule has 2 aliphatic heterocycles. The van der Waals surface area contributed by atoms with Crippen LogP contribution in [-0.2, 0) is 10.5 Å². The lowest BCUT2D eigenvalue weighted by molar-refractivity contribution is -0.126. The fourth-order valence-corrected chi connectivity index (χ4v) is 2.64. The van der Waals surface area contributed by atoms with Crippen molar-refractivity contribution in [1.29, 1.82) is 0 Å². The minimum Gasteiger partial charge on any atom is -0.298 e. The average molecular weight is 232 g/mol. The van der Waals surface area contributed by atoms with Crippen LogP contribution in [0, 0.1) is 0 Å². The van der Waals surface area contributed by atoms with Crippen LogP contribution in [0.4, 0.5) is 10.1 Å². The van der Waals surface area contributed by atoms with Crippen LogP contribution in [-0.4, -0.2) is 23.2 Å². The number of likely N-dealkylation sites (tertiary alicyclic amines) is 1. The highest BCUT2D eigenvalue weighted by Gasteiger charge is 2.49. The van der Waals surface area contributed by atoms with Crippen LogP contribution < -0.4 is 0 Å². The zero-order chi connectivity index (χ0) is 12.0. The maximum atomic E-state index is 15.0. The van der Waals surface area contributed by atoms with Crippen LogP contribution in [0.1, 0.15) is 25.3 Å². The molecule has 88 valence electrons. The molecule has 17 heavy (non-hydrogen) atoms. The molecule has 1 atom stereocenters. The Morgan fingerprint density at radius 1 is 1.47 bits per heavy atom. The average Bonchev–Trinajstić information content (AvgIpc) is 2.62. The quantitative estimate of drug-likeness (QED) is 0.676. The van der Waals surface area contributed by atoms with Gasteiger partial charge < -0.3 is 0 Å². The van der Waals surface area contributed by atoms with Crippen molar-refractivity contribution in [3.63, 3.8) is 0 Å². The van der Waals surface area contributed by atoms with Crippen LogP contribution in [0.25, 0.3) is 0 Å². The monoisotopic (exact) mass is 232 g/mol. The molecule has 3 nitrogen and oxygen atoms in total. The Morgan fingerprint density at radius 3 is 3.00 bits per heavy atom. The third kappa shape index (κ3) is 1.33. The van der Waals surface area contributed by atoms with E-state index in [1.54, 1.807) is 12.1 Å². The number of piperidine rings is 1. The van der Waals surface area contributed by atoms with Crippen molar-refractivity contribution >= 4 is 17.4 Å². The van der Waals surface area contributed by atoms with E-state index < -0.39 is 5.67 Å². The summed E-state index contributed by atoms with van der Waals surface area (Å²) in [4.78, 5) is 17.3. The van der Waals surface area contributed by atoms with Gasteiger partial charge in [-0.3, -0.25) is 9.69 Å². The maximum absolute atomic E-state index is 15.0. The fraction of sp³-hybridized carbons (Fsp3) is 0.385. The molecule has 1 amide bonds. The first kappa shape index (κ1) is 10.4. The number of halogens is 1. The summed E-state index contributed by atoms with van der Waals surface area (Å²) in [6, 6.07) is 7.20. The first-order valence-electron chi connectivity index (χ1n) is 5.78. The number of amides is 1. The highest BCUT2D eigenvalue weighted by molar-refractivity contribution is 6.07. The first-order valence-corrected chi connectivity index (χ1v) is 5.78. The van der Waals surface area contributed by atoms with E-state index >= 15 is 4.39 Å². The zero-order valence-corrected chi connectivity index (χ0v) is 9.61. The van der Waals surface area contributed by atoms with Gasteiger partial charge >= 0.3 is 0 Å². The molecular formula is C13H13FN2O. The van der Waals surface area contributed by atoms with Crippen molar-refractivity contribution in [2.75, 3.05) is 6.54 Å². The van der Waals surface area contributed by atoms with E-state index in [-0.39, 0.29) is 11.7 Å². The molecule has 2 aliphatic rings. The van der Waals surface area contributed by atoms with Crippen molar-refractivity contribution in [1.82, 2.24) is 4.90 Å². The van der Waals surface area contributed by atoms with Crippen LogP contribution in [0.5, 0.6) is 0 Å². The topological polar surface area (TPSA) is 32.7 Å². The Balaban J connectivity index is 2.14. The maximum Gasteiger partial charge on any atom is 0.224 e. The minimum absolute atomic E-state index is 0.140. The summed E-state index contributed by atoms with van der Waals surface area (Å²) in [5.41, 5.74) is -0.320. The highest BCUT2D eigenvalue weighted by Crippen LogP contribution is 2.47. The number of benzene rings is 1. The number of hydrogen-bond acceptors (Lipinski definition) is 2. The normalized spacial score (nSPS) is 26.2. The number of rotatable bonds is 0. The molecule has 0 radical (unpaired) electrons. The Kier molecular flexibility index (Phi) is 2.08. The van der Waals surface area contributed by atoms with Gasteiger partial charge in [0.1, 0.15) is 0 Å². The third-order valence-electron chi connectivity index (χ3n) is 3.45. The Morgan fingerprint density at radius 2 is 2.24 bits per heavy atom. The van der Waals surface area contributed by atoms with Crippen LogP contribution in [0.2, 0.25) is 0 Å². The van der Waals surface area contributed by atoms with Crippen LogP contribution in [0.3, 0.4) is 0 Å². The molecule has 0 saturated carbocycles. The molecule has 0 bridgehead atoms. The molecule has 1 aromatic rings. The lowest BCUT2D eigenvalue weighted by Crippen LogP contribution is -2.49. The number of para-hydroxylation sites is 1. The number of alkyl halides is 1. The number of hydrogen-bond donors (Lipinski definition) is 0. The first-order chi connectivity index (χ1) is 8.13. The van der Waals surface area contributed by atoms with Crippen LogP contribution in [0.15, 0.2) is 29.3 Å². The van der Waals surface area contributed by atoms with Gasteiger partial charge in [-0.1, -0.05) is 18.2 Å². The second-order valence-electron chi connectivity index (χ2n) is 4.53. The number of fused-ring (bicyclic) bond motifs is 3. The molecule has 1 aromatic carbocycles. The second-order valence-corrected chi connectivity index (χ2v) is 4.53. The molecule has 3 rings (SSSR count). The van der Waals surface area contributed by atoms with Gasteiger partial charge in [-0.05, 0) is 18.9 Å². The van der Waals surface area contributed by atoms with Gasteiger partial charge in [0.2, 0.25) is 5.91 Å². The number of carbonyl (C=O) groups is 1. The summed E-state index contributed by atoms with van der Waals surface area (Å²) in [6.07, 6.45) is 1.08. The summed E-state index contributed by atoms with van der Waals surface area (Å²) < 4.78 is 15.0. The van der Waals surface area contributed by atoms with E-state index in [9.17, 15) is 4.79 Å². The SMILES string of the molecule is CC(=O)N1CCCC2(F)C1=Nc1ccccc12. The van der Waals surface area contributed by atoms with E-state index in [4.69, 9.17) is 0 Å². The van der Waals surface area contributed by atoms with E-state index in [1.807, 2.05) is 12.1 Å². The summed E-state index contributed by atoms with van der Waals surface area (Å²) in [6.45, 7) is 2.02. The predicted octanol–water partition coefficient (Wildman–Crippen LogP) is 2.54. The van der Waals surface area contributed by atoms with Gasteiger partial charge in [0.25, 0.3) is 0 Å². The lowest BCUT2D eigenvalue weighted by atomic mass is 9.87. The molecule has 0 aromatic heterocycles. The van der Waals surface area contributed by atoms with Gasteiger partial charge in [0.15, 0.2) is 11.5 Å². The standard InChI is InChI=1S/C13H13FN2O/c1-9(17)16-8-4-7-13(14)10-5-2-3-6-11(10)15-12(13)16/h2-3,5-6H,4,7-8H2,1H3. The molecule has 2 heterocycles. The van der Waals surface area contributed by atoms with Crippen molar-refractivity contribution < 1.29 is 9.18 Å². The minimum atomic E-state index is -1.57. The summed E-state index contributed by atoms with van der Waals surface area (Å²) in [5.74, 6) is 0.135. The smallest absolute Gasteiger partial charge is 0.224 e. The molecule has 0 N–H and O–H groups in total. The van der Waals surface area contributed by atoms with Crippen molar-refractivity contribution in [2.45, 2.75) is 25.4 Å². The number of aliphatic imine (C=N–C) groups is 1. The largest absolute Gasteiger partial charge is 0.298 e. The Bertz CT molecular complexity index is 526. The zero-order valence-electron chi connectivity index (χ0n) is 9.61. The molecule has 1 unspecified atom stereocenters. The summed E-state index contributed by atoms with van der Waals surface area (Å²) in [5, 5.41) is 0. The molecular weight excluding hydrogens is 219 g/mol. The van der Waals surface area contributed by atoms with Gasteiger partial charge in [-0.15, -0.1) is 0 Å². The van der Waals surface area contributed by atoms with Gasteiger partial charge in [-0.2, -0.15) is 0 Å². The van der Waals surface area contributed by atoms with E-state index in [0.717, 1.165) is 0 Å². The Labute approximate surface area is 99.0 Å². The fourth-order valence-electron chi connectivity index (χ4n) is 2.64. The van der Waals surface area contributed by atoms with Crippen molar-refractivity contribution in [3.05, 3.63) is 29.8 Å².